The van der Waals surface area contributed by atoms with Crippen molar-refractivity contribution in [3.8, 4) is 0 Å². The highest BCUT2D eigenvalue weighted by Crippen LogP contribution is 2.30. The fourth-order valence-electron chi connectivity index (χ4n) is 4.54. The highest BCUT2D eigenvalue weighted by atomic mass is 32.2. The number of carbonyl (C=O) groups excluding carboxylic acids is 2. The molecule has 2 aliphatic heterocycles. The van der Waals surface area contributed by atoms with Gasteiger partial charge in [-0.05, 0) is 55.5 Å². The van der Waals surface area contributed by atoms with Gasteiger partial charge in [0.2, 0.25) is 15.9 Å². The number of likely N-dealkylation sites (tertiary alicyclic amines) is 1. The van der Waals surface area contributed by atoms with Crippen molar-refractivity contribution >= 4 is 32.7 Å². The molecule has 166 valence electrons. The van der Waals surface area contributed by atoms with E-state index in [1.807, 2.05) is 24.3 Å². The zero-order valence-corrected chi connectivity index (χ0v) is 18.5. The summed E-state index contributed by atoms with van der Waals surface area (Å²) in [5.41, 5.74) is 0. The molecule has 4 rings (SSSR count). The number of amides is 1. The van der Waals surface area contributed by atoms with E-state index in [0.29, 0.717) is 51.9 Å². The normalized spacial score (nSPS) is 20.8. The van der Waals surface area contributed by atoms with Gasteiger partial charge in [-0.15, -0.1) is 0 Å². The van der Waals surface area contributed by atoms with Gasteiger partial charge in [-0.2, -0.15) is 4.31 Å². The number of hydrogen-bond donors (Lipinski definition) is 0. The Morgan fingerprint density at radius 3 is 2.42 bits per heavy atom. The number of nitrogens with zero attached hydrogens (tertiary/aromatic N) is 2. The van der Waals surface area contributed by atoms with E-state index in [1.165, 1.54) is 4.31 Å². The highest BCUT2D eigenvalue weighted by Gasteiger charge is 2.42. The maximum absolute atomic E-state index is 13.4. The predicted molar refractivity (Wildman–Crippen MR) is 117 cm³/mol. The summed E-state index contributed by atoms with van der Waals surface area (Å²) in [5.74, 6) is -0.565. The predicted octanol–water partition coefficient (Wildman–Crippen LogP) is 2.79. The molecule has 0 bridgehead atoms. The number of carbonyl (C=O) groups is 2. The Morgan fingerprint density at radius 1 is 1.00 bits per heavy atom. The summed E-state index contributed by atoms with van der Waals surface area (Å²) < 4.78 is 33.2. The summed E-state index contributed by atoms with van der Waals surface area (Å²) >= 11 is 0. The molecule has 0 aliphatic carbocycles. The maximum atomic E-state index is 13.4. The molecule has 0 spiro atoms. The van der Waals surface area contributed by atoms with Crippen molar-refractivity contribution in [2.45, 2.75) is 43.5 Å². The lowest BCUT2D eigenvalue weighted by Gasteiger charge is -2.34. The Kier molecular flexibility index (Phi) is 6.29. The van der Waals surface area contributed by atoms with E-state index < -0.39 is 16.1 Å². The lowest BCUT2D eigenvalue weighted by molar-refractivity contribution is -0.151. The van der Waals surface area contributed by atoms with Gasteiger partial charge in [0.25, 0.3) is 0 Å². The number of rotatable bonds is 5. The topological polar surface area (TPSA) is 84.0 Å². The fraction of sp³-hybridized carbons (Fsp3) is 0.478. The van der Waals surface area contributed by atoms with Gasteiger partial charge in [0.15, 0.2) is 0 Å². The van der Waals surface area contributed by atoms with Gasteiger partial charge in [0, 0.05) is 19.6 Å². The Bertz CT molecular complexity index is 1080. The quantitative estimate of drug-likeness (QED) is 0.662. The van der Waals surface area contributed by atoms with Gasteiger partial charge in [-0.3, -0.25) is 9.59 Å². The van der Waals surface area contributed by atoms with Crippen LogP contribution >= 0.6 is 0 Å². The number of esters is 1. The molecule has 0 saturated carbocycles. The first-order chi connectivity index (χ1) is 14.9. The maximum Gasteiger partial charge on any atom is 0.309 e. The molecule has 8 heteroatoms. The van der Waals surface area contributed by atoms with Crippen molar-refractivity contribution < 1.29 is 22.7 Å². The van der Waals surface area contributed by atoms with Gasteiger partial charge in [-0.25, -0.2) is 8.42 Å². The van der Waals surface area contributed by atoms with Crippen LogP contribution in [0.1, 0.15) is 32.6 Å². The van der Waals surface area contributed by atoms with Crippen LogP contribution in [-0.4, -0.2) is 61.8 Å². The molecule has 0 radical (unpaired) electrons. The van der Waals surface area contributed by atoms with Crippen LogP contribution in [0, 0.1) is 5.92 Å². The van der Waals surface area contributed by atoms with Crippen LogP contribution in [0.15, 0.2) is 47.4 Å². The molecule has 2 aromatic rings. The Morgan fingerprint density at radius 2 is 1.71 bits per heavy atom. The summed E-state index contributed by atoms with van der Waals surface area (Å²) in [7, 11) is -3.78. The Balaban J connectivity index is 1.49. The molecule has 7 nitrogen and oxygen atoms in total. The minimum Gasteiger partial charge on any atom is -0.466 e. The van der Waals surface area contributed by atoms with Crippen LogP contribution < -0.4 is 0 Å². The van der Waals surface area contributed by atoms with E-state index in [2.05, 4.69) is 0 Å². The van der Waals surface area contributed by atoms with Crippen LogP contribution in [0.3, 0.4) is 0 Å². The average molecular weight is 445 g/mol. The van der Waals surface area contributed by atoms with Crippen molar-refractivity contribution in [1.82, 2.24) is 9.21 Å². The second-order valence-corrected chi connectivity index (χ2v) is 10.0. The van der Waals surface area contributed by atoms with Gasteiger partial charge >= 0.3 is 5.97 Å². The largest absolute Gasteiger partial charge is 0.466 e. The standard InChI is InChI=1S/C23H28N2O5S/c1-2-30-23(27)18-11-14-24(15-12-18)22(26)21-8-5-13-25(21)31(28,29)20-10-9-17-6-3-4-7-19(17)16-20/h3-4,6-7,9-10,16,18,21H,2,5,8,11-15H2,1H3. The smallest absolute Gasteiger partial charge is 0.309 e. The Hall–Kier alpha value is -2.45. The number of benzene rings is 2. The van der Waals surface area contributed by atoms with Crippen LogP contribution in [0.25, 0.3) is 10.8 Å². The SMILES string of the molecule is CCOC(=O)C1CCN(C(=O)C2CCCN2S(=O)(=O)c2ccc3ccccc3c2)CC1. The molecule has 1 atom stereocenters. The molecular formula is C23H28N2O5S. The first kappa shape index (κ1) is 21.8. The summed E-state index contributed by atoms with van der Waals surface area (Å²) in [5, 5.41) is 1.83. The molecule has 2 heterocycles. The molecular weight excluding hydrogens is 416 g/mol. The zero-order chi connectivity index (χ0) is 22.0. The van der Waals surface area contributed by atoms with Crippen LogP contribution in [0.5, 0.6) is 0 Å². The molecule has 2 saturated heterocycles. The summed E-state index contributed by atoms with van der Waals surface area (Å²) in [6.45, 7) is 3.36. The van der Waals surface area contributed by atoms with Crippen molar-refractivity contribution in [3.05, 3.63) is 42.5 Å². The molecule has 0 aromatic heterocycles. The second kappa shape index (κ2) is 8.96. The van der Waals surface area contributed by atoms with Crippen LogP contribution in [0.4, 0.5) is 0 Å². The van der Waals surface area contributed by atoms with Crippen molar-refractivity contribution in [2.75, 3.05) is 26.2 Å². The summed E-state index contributed by atoms with van der Waals surface area (Å²) in [4.78, 5) is 27.1. The molecule has 2 aromatic carbocycles. The third-order valence-electron chi connectivity index (χ3n) is 6.24. The fourth-order valence-corrected chi connectivity index (χ4v) is 6.23. The van der Waals surface area contributed by atoms with E-state index in [9.17, 15) is 18.0 Å². The number of sulfonamides is 1. The van der Waals surface area contributed by atoms with Crippen molar-refractivity contribution in [3.63, 3.8) is 0 Å². The third kappa shape index (κ3) is 4.32. The van der Waals surface area contributed by atoms with Gasteiger partial charge in [0.1, 0.15) is 6.04 Å². The van der Waals surface area contributed by atoms with E-state index >= 15 is 0 Å². The van der Waals surface area contributed by atoms with Crippen molar-refractivity contribution in [2.24, 2.45) is 5.92 Å². The molecule has 2 fully saturated rings. The zero-order valence-electron chi connectivity index (χ0n) is 17.7. The number of piperidine rings is 1. The molecule has 31 heavy (non-hydrogen) atoms. The number of hydrogen-bond acceptors (Lipinski definition) is 5. The Labute approximate surface area is 183 Å². The minimum atomic E-state index is -3.78. The van der Waals surface area contributed by atoms with Crippen molar-refractivity contribution in [1.29, 1.82) is 0 Å². The summed E-state index contributed by atoms with van der Waals surface area (Å²) in [6.07, 6.45) is 2.27. The summed E-state index contributed by atoms with van der Waals surface area (Å²) in [6, 6.07) is 12.0. The number of ether oxygens (including phenoxy) is 1. The molecule has 0 N–H and O–H groups in total. The minimum absolute atomic E-state index is 0.163. The van der Waals surface area contributed by atoms with Crippen LogP contribution in [-0.2, 0) is 24.3 Å². The van der Waals surface area contributed by atoms with E-state index in [0.717, 1.165) is 10.8 Å². The highest BCUT2D eigenvalue weighted by molar-refractivity contribution is 7.89. The monoisotopic (exact) mass is 444 g/mol. The van der Waals surface area contributed by atoms with Gasteiger partial charge < -0.3 is 9.64 Å². The average Bonchev–Trinajstić information content (AvgIpc) is 3.29. The second-order valence-electron chi connectivity index (χ2n) is 8.13. The first-order valence-corrected chi connectivity index (χ1v) is 12.3. The lowest BCUT2D eigenvalue weighted by Crippen LogP contribution is -2.50. The molecule has 2 aliphatic rings. The van der Waals surface area contributed by atoms with Gasteiger partial charge in [-0.1, -0.05) is 30.3 Å². The van der Waals surface area contributed by atoms with Crippen LogP contribution in [0.2, 0.25) is 0 Å². The van der Waals surface area contributed by atoms with E-state index in [-0.39, 0.29) is 22.7 Å². The molecule has 1 unspecified atom stereocenters. The molecule has 1 amide bonds. The number of fused-ring (bicyclic) bond motifs is 1. The van der Waals surface area contributed by atoms with Gasteiger partial charge in [0.05, 0.1) is 17.4 Å². The van der Waals surface area contributed by atoms with E-state index in [4.69, 9.17) is 4.74 Å². The third-order valence-corrected chi connectivity index (χ3v) is 8.15. The first-order valence-electron chi connectivity index (χ1n) is 10.9. The lowest BCUT2D eigenvalue weighted by atomic mass is 9.96. The van der Waals surface area contributed by atoms with E-state index in [1.54, 1.807) is 30.0 Å².